The van der Waals surface area contributed by atoms with Crippen molar-refractivity contribution in [3.8, 4) is 5.75 Å². The van der Waals surface area contributed by atoms with E-state index < -0.39 is 23.8 Å². The van der Waals surface area contributed by atoms with E-state index in [1.165, 1.54) is 6.92 Å². The Balaban J connectivity index is 2.04. The topological polar surface area (TPSA) is 82.0 Å². The Bertz CT molecular complexity index is 850. The van der Waals surface area contributed by atoms with Crippen LogP contribution in [0.1, 0.15) is 57.9 Å². The molecule has 1 aromatic carbocycles. The third-order valence-electron chi connectivity index (χ3n) is 5.07. The molecular formula is C22H25NO5. The molecule has 1 aliphatic carbocycles. The molecule has 0 amide bonds. The van der Waals surface area contributed by atoms with E-state index in [9.17, 15) is 14.4 Å². The molecule has 1 heterocycles. The monoisotopic (exact) mass is 383 g/mol. The van der Waals surface area contributed by atoms with Crippen LogP contribution in [0.2, 0.25) is 0 Å². The van der Waals surface area contributed by atoms with Crippen LogP contribution in [0.5, 0.6) is 5.75 Å². The number of esters is 2. The zero-order chi connectivity index (χ0) is 20.3. The number of benzene rings is 1. The van der Waals surface area contributed by atoms with Crippen LogP contribution in [0.25, 0.3) is 0 Å². The summed E-state index contributed by atoms with van der Waals surface area (Å²) in [4.78, 5) is 41.4. The van der Waals surface area contributed by atoms with Gasteiger partial charge in [0.05, 0.1) is 18.1 Å². The third-order valence-corrected chi connectivity index (χ3v) is 5.07. The van der Waals surface area contributed by atoms with Gasteiger partial charge in [-0.05, 0) is 43.9 Å². The van der Waals surface area contributed by atoms with Crippen molar-refractivity contribution in [1.29, 1.82) is 0 Å². The minimum absolute atomic E-state index is 0.104. The van der Waals surface area contributed by atoms with Crippen molar-refractivity contribution in [1.82, 2.24) is 0 Å². The lowest BCUT2D eigenvalue weighted by Gasteiger charge is -2.35. The molecule has 148 valence electrons. The second-order valence-corrected chi connectivity index (χ2v) is 7.18. The van der Waals surface area contributed by atoms with Crippen LogP contribution in [0, 0.1) is 5.92 Å². The van der Waals surface area contributed by atoms with Crippen LogP contribution in [0.3, 0.4) is 0 Å². The average molecular weight is 383 g/mol. The van der Waals surface area contributed by atoms with Gasteiger partial charge in [-0.2, -0.15) is 0 Å². The number of carbonyl (C=O) groups is 3. The predicted octanol–water partition coefficient (Wildman–Crippen LogP) is 3.75. The number of hydrogen-bond donors (Lipinski definition) is 0. The molecule has 0 aromatic heterocycles. The predicted molar refractivity (Wildman–Crippen MR) is 104 cm³/mol. The van der Waals surface area contributed by atoms with E-state index in [0.717, 1.165) is 30.5 Å². The van der Waals surface area contributed by atoms with Crippen molar-refractivity contribution in [3.05, 3.63) is 41.1 Å². The molecule has 2 unspecified atom stereocenters. The van der Waals surface area contributed by atoms with E-state index in [0.29, 0.717) is 30.0 Å². The first-order valence-corrected chi connectivity index (χ1v) is 9.68. The summed E-state index contributed by atoms with van der Waals surface area (Å²) in [6, 6.07) is 6.96. The van der Waals surface area contributed by atoms with Crippen molar-refractivity contribution in [2.45, 2.75) is 52.4 Å². The Kier molecular flexibility index (Phi) is 6.07. The lowest BCUT2D eigenvalue weighted by molar-refractivity contribution is -0.139. The molecule has 6 nitrogen and oxygen atoms in total. The SMILES string of the molecule is CCCOC(=O)C1=C(C)N=C2CCCC(=O)C2C1c1ccc(OC(C)=O)cc1. The first-order chi connectivity index (χ1) is 13.4. The minimum atomic E-state index is -0.443. The fourth-order valence-electron chi connectivity index (χ4n) is 3.93. The maximum atomic E-state index is 12.8. The van der Waals surface area contributed by atoms with E-state index in [4.69, 9.17) is 9.47 Å². The van der Waals surface area contributed by atoms with Gasteiger partial charge in [0.15, 0.2) is 0 Å². The van der Waals surface area contributed by atoms with E-state index in [1.807, 2.05) is 6.92 Å². The van der Waals surface area contributed by atoms with E-state index in [-0.39, 0.29) is 5.78 Å². The largest absolute Gasteiger partial charge is 0.462 e. The van der Waals surface area contributed by atoms with Crippen molar-refractivity contribution in [2.24, 2.45) is 10.9 Å². The molecular weight excluding hydrogens is 358 g/mol. The zero-order valence-electron chi connectivity index (χ0n) is 16.5. The Morgan fingerprint density at radius 2 is 1.86 bits per heavy atom. The van der Waals surface area contributed by atoms with Crippen LogP contribution >= 0.6 is 0 Å². The molecule has 1 saturated carbocycles. The summed E-state index contributed by atoms with van der Waals surface area (Å²) in [5, 5.41) is 0. The number of carbonyl (C=O) groups excluding carboxylic acids is 3. The Morgan fingerprint density at radius 3 is 2.50 bits per heavy atom. The van der Waals surface area contributed by atoms with Gasteiger partial charge in [0.2, 0.25) is 0 Å². The van der Waals surface area contributed by atoms with Gasteiger partial charge in [0.25, 0.3) is 0 Å². The van der Waals surface area contributed by atoms with Crippen molar-refractivity contribution >= 4 is 23.4 Å². The molecule has 3 rings (SSSR count). The molecule has 1 fully saturated rings. The molecule has 0 N–H and O–H groups in total. The van der Waals surface area contributed by atoms with Gasteiger partial charge in [0, 0.05) is 30.7 Å². The number of allylic oxidation sites excluding steroid dienone is 1. The summed E-state index contributed by atoms with van der Waals surface area (Å²) < 4.78 is 10.5. The molecule has 0 bridgehead atoms. The third kappa shape index (κ3) is 4.06. The van der Waals surface area contributed by atoms with Crippen LogP contribution in [-0.4, -0.2) is 30.0 Å². The Labute approximate surface area is 164 Å². The molecule has 0 spiro atoms. The Morgan fingerprint density at radius 1 is 1.14 bits per heavy atom. The number of rotatable bonds is 5. The van der Waals surface area contributed by atoms with Gasteiger partial charge in [-0.15, -0.1) is 0 Å². The molecule has 1 aliphatic heterocycles. The second kappa shape index (κ2) is 8.50. The van der Waals surface area contributed by atoms with E-state index >= 15 is 0 Å². The average Bonchev–Trinajstić information content (AvgIpc) is 2.65. The number of aliphatic imine (C=N–C) groups is 1. The number of fused-ring (bicyclic) bond motifs is 1. The van der Waals surface area contributed by atoms with E-state index in [1.54, 1.807) is 31.2 Å². The van der Waals surface area contributed by atoms with Crippen LogP contribution in [0.4, 0.5) is 0 Å². The number of ether oxygens (including phenoxy) is 2. The summed E-state index contributed by atoms with van der Waals surface area (Å²) in [6.45, 7) is 5.39. The molecule has 2 atom stereocenters. The van der Waals surface area contributed by atoms with Crippen LogP contribution < -0.4 is 4.74 Å². The minimum Gasteiger partial charge on any atom is -0.462 e. The summed E-state index contributed by atoms with van der Waals surface area (Å²) in [7, 11) is 0. The normalized spacial score (nSPS) is 21.7. The second-order valence-electron chi connectivity index (χ2n) is 7.18. The van der Waals surface area contributed by atoms with Gasteiger partial charge < -0.3 is 9.47 Å². The summed E-state index contributed by atoms with van der Waals surface area (Å²) >= 11 is 0. The van der Waals surface area contributed by atoms with Crippen molar-refractivity contribution in [3.63, 3.8) is 0 Å². The number of ketones is 1. The molecule has 28 heavy (non-hydrogen) atoms. The van der Waals surface area contributed by atoms with Gasteiger partial charge in [-0.1, -0.05) is 19.1 Å². The number of hydrogen-bond acceptors (Lipinski definition) is 6. The smallest absolute Gasteiger partial charge is 0.336 e. The fourth-order valence-corrected chi connectivity index (χ4v) is 3.93. The molecule has 1 aromatic rings. The lowest BCUT2D eigenvalue weighted by Crippen LogP contribution is -2.39. The first-order valence-electron chi connectivity index (χ1n) is 9.68. The van der Waals surface area contributed by atoms with Crippen LogP contribution in [0.15, 0.2) is 40.5 Å². The van der Waals surface area contributed by atoms with Crippen molar-refractivity contribution in [2.75, 3.05) is 6.61 Å². The lowest BCUT2D eigenvalue weighted by atomic mass is 9.69. The highest BCUT2D eigenvalue weighted by Crippen LogP contribution is 2.43. The number of nitrogens with zero attached hydrogens (tertiary/aromatic N) is 1. The highest BCUT2D eigenvalue weighted by molar-refractivity contribution is 6.11. The standard InChI is InChI=1S/C22H25NO5/c1-4-12-27-22(26)19-13(2)23-17-6-5-7-18(25)21(17)20(19)15-8-10-16(11-9-15)28-14(3)24/h8-11,20-21H,4-7,12H2,1-3H3. The summed E-state index contributed by atoms with van der Waals surface area (Å²) in [5.41, 5.74) is 2.70. The van der Waals surface area contributed by atoms with Crippen molar-refractivity contribution < 1.29 is 23.9 Å². The summed E-state index contributed by atoms with van der Waals surface area (Å²) in [5.74, 6) is -1.17. The molecule has 0 radical (unpaired) electrons. The highest BCUT2D eigenvalue weighted by Gasteiger charge is 2.43. The molecule has 6 heteroatoms. The van der Waals surface area contributed by atoms with E-state index in [2.05, 4.69) is 4.99 Å². The van der Waals surface area contributed by atoms with Gasteiger partial charge in [-0.3, -0.25) is 14.6 Å². The van der Waals surface area contributed by atoms with Crippen LogP contribution in [-0.2, 0) is 19.1 Å². The Hall–Kier alpha value is -2.76. The summed E-state index contributed by atoms with van der Waals surface area (Å²) in [6.07, 6.45) is 2.75. The van der Waals surface area contributed by atoms with Gasteiger partial charge >= 0.3 is 11.9 Å². The van der Waals surface area contributed by atoms with Gasteiger partial charge in [0.1, 0.15) is 11.5 Å². The quantitative estimate of drug-likeness (QED) is 0.571. The maximum absolute atomic E-state index is 12.8. The molecule has 0 saturated heterocycles. The fraction of sp³-hybridized carbons (Fsp3) is 0.455. The molecule has 2 aliphatic rings. The zero-order valence-corrected chi connectivity index (χ0v) is 16.5. The van der Waals surface area contributed by atoms with Gasteiger partial charge in [-0.25, -0.2) is 4.79 Å². The highest BCUT2D eigenvalue weighted by atomic mass is 16.5. The number of Topliss-reactive ketones (excluding diaryl/α,β-unsaturated/α-hetero) is 1. The first kappa shape index (κ1) is 20.0. The maximum Gasteiger partial charge on any atom is 0.336 e.